The maximum absolute atomic E-state index is 14.3. The first-order chi connectivity index (χ1) is 38.3. The van der Waals surface area contributed by atoms with E-state index >= 15 is 0 Å². The van der Waals surface area contributed by atoms with Crippen LogP contribution in [0.25, 0.3) is 0 Å². The van der Waals surface area contributed by atoms with Crippen LogP contribution in [-0.4, -0.2) is 187 Å². The van der Waals surface area contributed by atoms with E-state index in [0.717, 1.165) is 0 Å². The highest BCUT2D eigenvalue weighted by Gasteiger charge is 2.39. The average Bonchev–Trinajstić information content (AvgIpc) is 3.92. The summed E-state index contributed by atoms with van der Waals surface area (Å²) in [5.41, 5.74) is 16.4. The second kappa shape index (κ2) is 33.6. The van der Waals surface area contributed by atoms with Crippen LogP contribution in [0.15, 0.2) is 24.3 Å². The lowest BCUT2D eigenvalue weighted by atomic mass is 10.0. The van der Waals surface area contributed by atoms with Crippen LogP contribution in [0, 0.1) is 11.8 Å². The van der Waals surface area contributed by atoms with Gasteiger partial charge in [-0.1, -0.05) is 39.8 Å². The number of amides is 11. The molecule has 1 heterocycles. The minimum absolute atomic E-state index is 0.0521. The predicted molar refractivity (Wildman–Crippen MR) is 281 cm³/mol. The van der Waals surface area contributed by atoms with Gasteiger partial charge in [-0.25, -0.2) is 4.79 Å². The van der Waals surface area contributed by atoms with E-state index in [9.17, 15) is 97.5 Å². The Balaban J connectivity index is 2.52. The first kappa shape index (κ1) is 69.1. The van der Waals surface area contributed by atoms with Crippen molar-refractivity contribution < 1.29 is 97.5 Å². The number of aromatic hydroxyl groups is 1. The molecular formula is C50H74N12O20. The lowest BCUT2D eigenvalue weighted by molar-refractivity contribution is -0.143. The number of phenolic OH excluding ortho intramolecular Hbond substituents is 1. The maximum atomic E-state index is 14.3. The molecule has 82 heavy (non-hydrogen) atoms. The molecule has 0 aromatic heterocycles. The third-order valence-electron chi connectivity index (χ3n) is 12.6. The minimum atomic E-state index is -2.12. The number of rotatable bonds is 36. The standard InChI is InChI=1S/C50H74N12O20/c1-23(2)18-33(50(81)82)60-46(77)31(20-36(53)65)59-49(80)41(24(3)4)61-47(78)32(21-40(71)72)58-44(75)29(13-16-39(69)70)54-42(73)28(12-15-38(67)68)55-45(76)30(19-25-7-9-26(63)10-8-25)57-43(74)27(11-14-35(52)64)56-48(79)34-6-5-17-62(34)37(66)22-51/h7-10,23-24,27-34,41,63H,5-6,11-22,51H2,1-4H3,(H2,52,64)(H2,53,65)(H,54,73)(H,55,76)(H,56,79)(H,57,74)(H,58,75)(H,59,80)(H,60,77)(H,61,78)(H,67,68)(H,69,70)(H,71,72)(H,81,82)/t27-,28-,29-,30-,31-,32-,33-,34-,41-/m0/s1. The molecular weight excluding hydrogens is 1090 g/mol. The van der Waals surface area contributed by atoms with Gasteiger partial charge >= 0.3 is 23.9 Å². The fourth-order valence-corrected chi connectivity index (χ4v) is 8.33. The highest BCUT2D eigenvalue weighted by molar-refractivity contribution is 6.00. The van der Waals surface area contributed by atoms with E-state index in [1.54, 1.807) is 13.8 Å². The van der Waals surface area contributed by atoms with Crippen LogP contribution in [-0.2, 0) is 78.3 Å². The predicted octanol–water partition coefficient (Wildman–Crippen LogP) is -5.11. The molecule has 1 aromatic rings. The summed E-state index contributed by atoms with van der Waals surface area (Å²) in [4.78, 5) is 196. The van der Waals surface area contributed by atoms with Gasteiger partial charge in [0, 0.05) is 32.2 Å². The number of carbonyl (C=O) groups is 15. The fraction of sp³-hybridized carbons (Fsp3) is 0.580. The minimum Gasteiger partial charge on any atom is -0.508 e. The Bertz CT molecular complexity index is 2530. The van der Waals surface area contributed by atoms with Gasteiger partial charge in [0.1, 0.15) is 60.1 Å². The molecule has 0 aliphatic carbocycles. The number of benzene rings is 1. The first-order valence-electron chi connectivity index (χ1n) is 26.0. The maximum Gasteiger partial charge on any atom is 0.326 e. The van der Waals surface area contributed by atoms with E-state index in [1.165, 1.54) is 43.0 Å². The van der Waals surface area contributed by atoms with Crippen molar-refractivity contribution in [2.24, 2.45) is 29.0 Å². The summed E-state index contributed by atoms with van der Waals surface area (Å²) >= 11 is 0. The van der Waals surface area contributed by atoms with Crippen LogP contribution in [0.3, 0.4) is 0 Å². The van der Waals surface area contributed by atoms with Gasteiger partial charge in [-0.05, 0) is 68.1 Å². The van der Waals surface area contributed by atoms with E-state index in [2.05, 4.69) is 42.5 Å². The Hall–Kier alpha value is -8.97. The van der Waals surface area contributed by atoms with Crippen molar-refractivity contribution in [1.82, 2.24) is 47.4 Å². The van der Waals surface area contributed by atoms with Crippen molar-refractivity contribution >= 4 is 88.9 Å². The van der Waals surface area contributed by atoms with Gasteiger partial charge in [0.2, 0.25) is 65.0 Å². The summed E-state index contributed by atoms with van der Waals surface area (Å²) in [5.74, 6) is -19.5. The average molecular weight is 1160 g/mol. The zero-order chi connectivity index (χ0) is 62.1. The molecule has 1 aromatic carbocycles. The van der Waals surface area contributed by atoms with Crippen LogP contribution in [0.4, 0.5) is 0 Å². The number of nitrogens with zero attached hydrogens (tertiary/aromatic N) is 1. The number of carbonyl (C=O) groups excluding carboxylic acids is 11. The van der Waals surface area contributed by atoms with Gasteiger partial charge in [-0.3, -0.25) is 67.1 Å². The smallest absolute Gasteiger partial charge is 0.326 e. The Kier molecular flexibility index (Phi) is 28.3. The van der Waals surface area contributed by atoms with Crippen LogP contribution in [0.2, 0.25) is 0 Å². The number of nitrogens with one attached hydrogen (secondary N) is 8. The van der Waals surface area contributed by atoms with Crippen molar-refractivity contribution in [2.75, 3.05) is 13.1 Å². The molecule has 0 unspecified atom stereocenters. The molecule has 32 nitrogen and oxygen atoms in total. The molecule has 0 spiro atoms. The van der Waals surface area contributed by atoms with E-state index in [1.807, 2.05) is 0 Å². The Morgan fingerprint density at radius 2 is 0.976 bits per heavy atom. The Morgan fingerprint density at radius 3 is 1.44 bits per heavy atom. The van der Waals surface area contributed by atoms with Crippen molar-refractivity contribution in [3.8, 4) is 5.75 Å². The van der Waals surface area contributed by atoms with Crippen LogP contribution >= 0.6 is 0 Å². The van der Waals surface area contributed by atoms with Gasteiger partial charge in [0.25, 0.3) is 0 Å². The van der Waals surface area contributed by atoms with E-state index in [-0.39, 0.29) is 36.6 Å². The van der Waals surface area contributed by atoms with Crippen LogP contribution in [0.5, 0.6) is 5.75 Å². The molecule has 1 fully saturated rings. The Labute approximate surface area is 469 Å². The number of aliphatic carboxylic acids is 4. The molecule has 9 atom stereocenters. The molecule has 32 heteroatoms. The molecule has 19 N–H and O–H groups in total. The monoisotopic (exact) mass is 1160 g/mol. The van der Waals surface area contributed by atoms with Gasteiger partial charge in [0.15, 0.2) is 0 Å². The summed E-state index contributed by atoms with van der Waals surface area (Å²) in [7, 11) is 0. The first-order valence-corrected chi connectivity index (χ1v) is 26.0. The molecule has 1 saturated heterocycles. The number of carboxylic acids is 4. The summed E-state index contributed by atoms with van der Waals surface area (Å²) in [5, 5.41) is 66.7. The van der Waals surface area contributed by atoms with E-state index in [4.69, 9.17) is 17.2 Å². The van der Waals surface area contributed by atoms with Gasteiger partial charge in [0.05, 0.1) is 19.4 Å². The third-order valence-corrected chi connectivity index (χ3v) is 12.6. The van der Waals surface area contributed by atoms with Crippen LogP contribution in [0.1, 0.15) is 104 Å². The number of likely N-dealkylation sites (tertiary alicyclic amines) is 1. The zero-order valence-electron chi connectivity index (χ0n) is 45.6. The summed E-state index contributed by atoms with van der Waals surface area (Å²) in [6, 6.07) is -10.2. The van der Waals surface area contributed by atoms with E-state index in [0.29, 0.717) is 6.42 Å². The topological polar surface area (TPSA) is 535 Å². The second-order valence-corrected chi connectivity index (χ2v) is 20.1. The van der Waals surface area contributed by atoms with Crippen molar-refractivity contribution in [2.45, 2.75) is 159 Å². The second-order valence-electron chi connectivity index (χ2n) is 20.1. The number of nitrogens with two attached hydrogens (primary N) is 3. The lowest BCUT2D eigenvalue weighted by Gasteiger charge is -2.29. The summed E-state index contributed by atoms with van der Waals surface area (Å²) in [6.07, 6.45) is -6.05. The molecule has 1 aliphatic rings. The fourth-order valence-electron chi connectivity index (χ4n) is 8.33. The van der Waals surface area contributed by atoms with Gasteiger partial charge in [-0.2, -0.15) is 0 Å². The number of primary amides is 2. The number of hydrogen-bond donors (Lipinski definition) is 16. The molecule has 11 amide bonds. The lowest BCUT2D eigenvalue weighted by Crippen LogP contribution is -2.61. The number of carboxylic acid groups (broad SMARTS) is 4. The highest BCUT2D eigenvalue weighted by atomic mass is 16.4. The molecule has 0 saturated carbocycles. The molecule has 0 radical (unpaired) electrons. The molecule has 0 bridgehead atoms. The van der Waals surface area contributed by atoms with Crippen LogP contribution < -0.4 is 59.7 Å². The number of hydrogen-bond acceptors (Lipinski definition) is 17. The normalized spacial score (nSPS) is 15.8. The molecule has 454 valence electrons. The Morgan fingerprint density at radius 1 is 0.537 bits per heavy atom. The van der Waals surface area contributed by atoms with Gasteiger partial charge < -0.3 is 90.2 Å². The largest absolute Gasteiger partial charge is 0.508 e. The third kappa shape index (κ3) is 24.2. The highest BCUT2D eigenvalue weighted by Crippen LogP contribution is 2.19. The molecule has 1 aliphatic heterocycles. The summed E-state index contributed by atoms with van der Waals surface area (Å²) < 4.78 is 0. The quantitative estimate of drug-likeness (QED) is 0.0299. The van der Waals surface area contributed by atoms with Gasteiger partial charge in [-0.15, -0.1) is 0 Å². The SMILES string of the molecule is CC(C)C[C@H](NC(=O)[C@H](CC(N)=O)NC(=O)[C@@H](NC(=O)[C@H](CC(=O)O)NC(=O)[C@H](CCC(=O)O)NC(=O)[C@H](CCC(=O)O)NC(=O)[C@H](Cc1ccc(O)cc1)NC(=O)[C@H](CCC(N)=O)NC(=O)[C@@H]1CCCN1C(=O)CN)C(C)C)C(=O)O. The summed E-state index contributed by atoms with van der Waals surface area (Å²) in [6.45, 7) is 5.89. The number of phenols is 1. The molecule has 2 rings (SSSR count). The van der Waals surface area contributed by atoms with Crippen molar-refractivity contribution in [3.05, 3.63) is 29.8 Å². The zero-order valence-corrected chi connectivity index (χ0v) is 45.6. The van der Waals surface area contributed by atoms with E-state index < -0.39 is 213 Å². The van der Waals surface area contributed by atoms with Crippen molar-refractivity contribution in [1.29, 1.82) is 0 Å². The van der Waals surface area contributed by atoms with Crippen molar-refractivity contribution in [3.63, 3.8) is 0 Å².